The molecule has 0 aliphatic carbocycles. The number of hydrogen-bond acceptors (Lipinski definition) is 6. The summed E-state index contributed by atoms with van der Waals surface area (Å²) in [6.45, 7) is 11.5. The molecule has 0 bridgehead atoms. The van der Waals surface area contributed by atoms with Gasteiger partial charge in [0.1, 0.15) is 11.4 Å². The van der Waals surface area contributed by atoms with Crippen LogP contribution in [0.5, 0.6) is 5.75 Å². The predicted molar refractivity (Wildman–Crippen MR) is 165 cm³/mol. The Balaban J connectivity index is 2.02. The summed E-state index contributed by atoms with van der Waals surface area (Å²) in [6, 6.07) is 16.8. The number of amides is 1. The third kappa shape index (κ3) is 9.03. The number of ether oxygens (including phenoxy) is 2. The van der Waals surface area contributed by atoms with Crippen molar-refractivity contribution in [2.45, 2.75) is 53.5 Å². The van der Waals surface area contributed by atoms with Gasteiger partial charge in [0.05, 0.1) is 30.4 Å². The zero-order valence-electron chi connectivity index (χ0n) is 25.2. The van der Waals surface area contributed by atoms with Crippen LogP contribution in [0.3, 0.4) is 0 Å². The number of halogens is 1. The molecule has 0 spiro atoms. The molecule has 0 fully saturated rings. The van der Waals surface area contributed by atoms with Gasteiger partial charge in [0.2, 0.25) is 0 Å². The molecule has 3 rings (SSSR count). The minimum atomic E-state index is -0.437. The fourth-order valence-electron chi connectivity index (χ4n) is 4.41. The Morgan fingerprint density at radius 1 is 1.05 bits per heavy atom. The Bertz CT molecular complexity index is 1350. The van der Waals surface area contributed by atoms with Gasteiger partial charge in [-0.25, -0.2) is 4.98 Å². The van der Waals surface area contributed by atoms with E-state index in [0.717, 1.165) is 35.2 Å². The lowest BCUT2D eigenvalue weighted by atomic mass is 9.84. The first-order valence-corrected chi connectivity index (χ1v) is 14.4. The number of benzene rings is 2. The van der Waals surface area contributed by atoms with Gasteiger partial charge in [0.15, 0.2) is 0 Å². The molecule has 41 heavy (non-hydrogen) atoms. The van der Waals surface area contributed by atoms with Crippen molar-refractivity contribution < 1.29 is 19.1 Å². The number of nitrogens with zero attached hydrogens (tertiary/aromatic N) is 2. The first-order valence-electron chi connectivity index (χ1n) is 14.0. The summed E-state index contributed by atoms with van der Waals surface area (Å²) in [4.78, 5) is 32.8. The molecule has 1 heterocycles. The molecule has 1 N–H and O–H groups in total. The number of hydrogen-bond donors (Lipinski definition) is 1. The minimum Gasteiger partial charge on any atom is -0.492 e. The van der Waals surface area contributed by atoms with Crippen molar-refractivity contribution >= 4 is 23.5 Å². The normalized spacial score (nSPS) is 12.2. The molecule has 7 nitrogen and oxygen atoms in total. The first-order chi connectivity index (χ1) is 19.4. The second-order valence-corrected chi connectivity index (χ2v) is 11.9. The number of nitrogens with one attached hydrogen (secondary N) is 1. The quantitative estimate of drug-likeness (QED) is 0.188. The zero-order valence-corrected chi connectivity index (χ0v) is 26.0. The molecule has 2 aromatic carbocycles. The molecule has 0 saturated heterocycles. The molecule has 1 aromatic heterocycles. The van der Waals surface area contributed by atoms with E-state index in [2.05, 4.69) is 10.2 Å². The summed E-state index contributed by atoms with van der Waals surface area (Å²) >= 11 is 6.50. The molecule has 0 aliphatic rings. The molecule has 0 unspecified atom stereocenters. The van der Waals surface area contributed by atoms with Crippen molar-refractivity contribution in [2.24, 2.45) is 5.41 Å². The summed E-state index contributed by atoms with van der Waals surface area (Å²) < 4.78 is 11.2. The van der Waals surface area contributed by atoms with Crippen LogP contribution in [0.25, 0.3) is 22.4 Å². The lowest BCUT2D eigenvalue weighted by molar-refractivity contribution is -0.144. The van der Waals surface area contributed by atoms with E-state index in [4.69, 9.17) is 26.1 Å². The fourth-order valence-corrected chi connectivity index (χ4v) is 4.59. The average molecular weight is 580 g/mol. The number of esters is 1. The molecule has 1 amide bonds. The van der Waals surface area contributed by atoms with Crippen LogP contribution in [0.2, 0.25) is 5.02 Å². The van der Waals surface area contributed by atoms with E-state index in [0.29, 0.717) is 23.1 Å². The van der Waals surface area contributed by atoms with Crippen LogP contribution in [0.15, 0.2) is 54.6 Å². The van der Waals surface area contributed by atoms with Gasteiger partial charge in [-0.05, 0) is 75.2 Å². The van der Waals surface area contributed by atoms with Crippen molar-refractivity contribution in [1.82, 2.24) is 15.2 Å². The molecule has 0 radical (unpaired) electrons. The van der Waals surface area contributed by atoms with Crippen LogP contribution in [0, 0.1) is 12.3 Å². The highest BCUT2D eigenvalue weighted by Crippen LogP contribution is 2.36. The second kappa shape index (κ2) is 14.5. The van der Waals surface area contributed by atoms with Gasteiger partial charge < -0.3 is 19.7 Å². The summed E-state index contributed by atoms with van der Waals surface area (Å²) in [6.07, 6.45) is 0.930. The SMILES string of the molecule is CCOC(=O)C[C@H](NC(=O)c1ccc(-c2ccccc2C)c(-c2ccc(Cl)c(OCCCN(C)C)c2)n1)C(C)(C)C. The van der Waals surface area contributed by atoms with E-state index in [9.17, 15) is 9.59 Å². The van der Waals surface area contributed by atoms with Crippen LogP contribution in [-0.4, -0.2) is 61.7 Å². The molecular formula is C33H42ClN3O4. The highest BCUT2D eigenvalue weighted by Gasteiger charge is 2.30. The largest absolute Gasteiger partial charge is 0.492 e. The number of pyridine rings is 1. The van der Waals surface area contributed by atoms with Gasteiger partial charge in [-0.1, -0.05) is 62.7 Å². The summed E-state index contributed by atoms with van der Waals surface area (Å²) in [5.74, 6) is -0.144. The van der Waals surface area contributed by atoms with Crippen molar-refractivity contribution in [1.29, 1.82) is 0 Å². The Hall–Kier alpha value is -3.42. The van der Waals surface area contributed by atoms with Crippen LogP contribution in [0.1, 0.15) is 56.6 Å². The van der Waals surface area contributed by atoms with Crippen molar-refractivity contribution in [3.05, 3.63) is 70.9 Å². The third-order valence-corrected chi connectivity index (χ3v) is 7.11. The van der Waals surface area contributed by atoms with E-state index < -0.39 is 6.04 Å². The molecule has 0 aliphatic heterocycles. The number of rotatable bonds is 12. The van der Waals surface area contributed by atoms with Gasteiger partial charge in [0.25, 0.3) is 5.91 Å². The summed E-state index contributed by atoms with van der Waals surface area (Å²) in [5, 5.41) is 3.53. The number of carbonyl (C=O) groups is 2. The van der Waals surface area contributed by atoms with Crippen molar-refractivity contribution in [2.75, 3.05) is 33.9 Å². The van der Waals surface area contributed by atoms with Crippen molar-refractivity contribution in [3.8, 4) is 28.1 Å². The van der Waals surface area contributed by atoms with E-state index in [1.165, 1.54) is 0 Å². The minimum absolute atomic E-state index is 0.0724. The number of aromatic nitrogens is 1. The Labute approximate surface area is 249 Å². The molecule has 220 valence electrons. The van der Waals surface area contributed by atoms with Gasteiger partial charge >= 0.3 is 5.97 Å². The maximum absolute atomic E-state index is 13.5. The van der Waals surface area contributed by atoms with Crippen LogP contribution in [0.4, 0.5) is 0 Å². The lowest BCUT2D eigenvalue weighted by Crippen LogP contribution is -2.45. The second-order valence-electron chi connectivity index (χ2n) is 11.5. The van der Waals surface area contributed by atoms with Crippen molar-refractivity contribution in [3.63, 3.8) is 0 Å². The summed E-state index contributed by atoms with van der Waals surface area (Å²) in [5.41, 5.74) is 4.28. The third-order valence-electron chi connectivity index (χ3n) is 6.80. The zero-order chi connectivity index (χ0) is 30.2. The summed E-state index contributed by atoms with van der Waals surface area (Å²) in [7, 11) is 4.05. The van der Waals surface area contributed by atoms with E-state index in [1.54, 1.807) is 19.1 Å². The lowest BCUT2D eigenvalue weighted by Gasteiger charge is -2.30. The smallest absolute Gasteiger partial charge is 0.307 e. The van der Waals surface area contributed by atoms with Gasteiger partial charge in [-0.15, -0.1) is 0 Å². The Kier molecular flexibility index (Phi) is 11.3. The number of aryl methyl sites for hydroxylation is 1. The van der Waals surface area contributed by atoms with Crippen LogP contribution < -0.4 is 10.1 Å². The first kappa shape index (κ1) is 32.1. The molecular weight excluding hydrogens is 538 g/mol. The topological polar surface area (TPSA) is 80.8 Å². The van der Waals surface area contributed by atoms with Gasteiger partial charge in [-0.3, -0.25) is 9.59 Å². The van der Waals surface area contributed by atoms with Crippen LogP contribution in [-0.2, 0) is 9.53 Å². The highest BCUT2D eigenvalue weighted by molar-refractivity contribution is 6.32. The number of carbonyl (C=O) groups excluding carboxylic acids is 2. The molecule has 8 heteroatoms. The molecule has 1 atom stereocenters. The Morgan fingerprint density at radius 3 is 2.44 bits per heavy atom. The van der Waals surface area contributed by atoms with Gasteiger partial charge in [0, 0.05) is 23.7 Å². The van der Waals surface area contributed by atoms with E-state index in [1.807, 2.05) is 84.3 Å². The monoisotopic (exact) mass is 579 g/mol. The maximum atomic E-state index is 13.5. The van der Waals surface area contributed by atoms with Gasteiger partial charge in [-0.2, -0.15) is 0 Å². The van der Waals surface area contributed by atoms with Crippen LogP contribution >= 0.6 is 11.6 Å². The standard InChI is InChI=1S/C33H42ClN3O4/c1-8-40-30(38)21-29(33(3,4)5)36-32(39)27-17-15-25(24-13-10-9-12-22(24)2)31(35-27)23-14-16-26(34)28(20-23)41-19-11-18-37(6)7/h9-10,12-17,20,29H,8,11,18-19,21H2,1-7H3,(H,36,39)/t29-/m0/s1. The highest BCUT2D eigenvalue weighted by atomic mass is 35.5. The maximum Gasteiger partial charge on any atom is 0.307 e. The Morgan fingerprint density at radius 2 is 1.78 bits per heavy atom. The average Bonchev–Trinajstić information content (AvgIpc) is 2.91. The molecule has 0 saturated carbocycles. The molecule has 3 aromatic rings. The van der Waals surface area contributed by atoms with E-state index >= 15 is 0 Å². The van der Waals surface area contributed by atoms with E-state index in [-0.39, 0.29) is 36.0 Å². The predicted octanol–water partition coefficient (Wildman–Crippen LogP) is 6.81. The fraction of sp³-hybridized carbons (Fsp3) is 0.424.